The van der Waals surface area contributed by atoms with Crippen LogP contribution in [-0.2, 0) is 0 Å². The van der Waals surface area contributed by atoms with Crippen molar-refractivity contribution in [1.82, 2.24) is 0 Å². The van der Waals surface area contributed by atoms with Gasteiger partial charge >= 0.3 is 0 Å². The molecule has 0 saturated heterocycles. The molecule has 1 aromatic carbocycles. The summed E-state index contributed by atoms with van der Waals surface area (Å²) < 4.78 is 0. The van der Waals surface area contributed by atoms with Crippen LogP contribution in [0, 0.1) is 0 Å². The highest BCUT2D eigenvalue weighted by Gasteiger charge is 1.92. The van der Waals surface area contributed by atoms with Gasteiger partial charge in [-0.3, -0.25) is 0 Å². The van der Waals surface area contributed by atoms with E-state index in [1.165, 1.54) is 0 Å². The van der Waals surface area contributed by atoms with Crippen LogP contribution in [0.4, 0.5) is 0 Å². The highest BCUT2D eigenvalue weighted by Crippen LogP contribution is 2.14. The Labute approximate surface area is 69.2 Å². The monoisotopic (exact) mass is 167 g/mol. The molecule has 0 aromatic heterocycles. The lowest BCUT2D eigenvalue weighted by Gasteiger charge is -2.01. The number of carboxylic acid groups (broad SMARTS) is 1. The molecule has 0 fully saturated rings. The minimum atomic E-state index is -1.13. The molecular formula is C8H7O2S-. The molecule has 1 aromatic rings. The van der Waals surface area contributed by atoms with E-state index in [-0.39, 0.29) is 5.56 Å². The molecule has 3 heteroatoms. The van der Waals surface area contributed by atoms with Gasteiger partial charge in [0.2, 0.25) is 0 Å². The summed E-state index contributed by atoms with van der Waals surface area (Å²) in [6.45, 7) is 0. The Kier molecular flexibility index (Phi) is 2.54. The highest BCUT2D eigenvalue weighted by molar-refractivity contribution is 7.98. The smallest absolute Gasteiger partial charge is 0.0715 e. The van der Waals surface area contributed by atoms with Crippen molar-refractivity contribution in [3.05, 3.63) is 29.8 Å². The minimum absolute atomic E-state index is 0.225. The SMILES string of the molecule is CSc1ccc(C(=O)[O-])cc1. The topological polar surface area (TPSA) is 40.1 Å². The van der Waals surface area contributed by atoms with Crippen molar-refractivity contribution in [3.63, 3.8) is 0 Å². The van der Waals surface area contributed by atoms with Crippen LogP contribution in [0.2, 0.25) is 0 Å². The first-order valence-electron chi connectivity index (χ1n) is 3.09. The summed E-state index contributed by atoms with van der Waals surface area (Å²) in [5.41, 5.74) is 0.225. The van der Waals surface area contributed by atoms with Crippen LogP contribution in [-0.4, -0.2) is 12.2 Å². The lowest BCUT2D eigenvalue weighted by Crippen LogP contribution is -2.21. The molecule has 0 unspecified atom stereocenters. The minimum Gasteiger partial charge on any atom is -0.545 e. The molecule has 0 aliphatic rings. The second kappa shape index (κ2) is 3.44. The third kappa shape index (κ3) is 1.98. The number of hydrogen-bond donors (Lipinski definition) is 0. The van der Waals surface area contributed by atoms with E-state index in [9.17, 15) is 9.90 Å². The number of benzene rings is 1. The zero-order chi connectivity index (χ0) is 8.27. The number of carbonyl (C=O) groups excluding carboxylic acids is 1. The number of thioether (sulfide) groups is 1. The quantitative estimate of drug-likeness (QED) is 0.611. The zero-order valence-electron chi connectivity index (χ0n) is 6.03. The molecule has 58 valence electrons. The normalized spacial score (nSPS) is 9.55. The van der Waals surface area contributed by atoms with Crippen molar-refractivity contribution in [3.8, 4) is 0 Å². The number of aromatic carboxylic acids is 1. The Morgan fingerprint density at radius 3 is 2.27 bits per heavy atom. The standard InChI is InChI=1S/C8H8O2S/c1-11-7-4-2-6(3-5-7)8(9)10/h2-5H,1H3,(H,9,10)/p-1. The van der Waals surface area contributed by atoms with Gasteiger partial charge in [0.15, 0.2) is 0 Å². The molecule has 0 radical (unpaired) electrons. The van der Waals surface area contributed by atoms with E-state index < -0.39 is 5.97 Å². The predicted molar refractivity (Wildman–Crippen MR) is 42.6 cm³/mol. The summed E-state index contributed by atoms with van der Waals surface area (Å²) in [5.74, 6) is -1.13. The predicted octanol–water partition coefficient (Wildman–Crippen LogP) is 0.772. The van der Waals surface area contributed by atoms with E-state index in [0.29, 0.717) is 0 Å². The van der Waals surface area contributed by atoms with Gasteiger partial charge < -0.3 is 9.90 Å². The van der Waals surface area contributed by atoms with E-state index >= 15 is 0 Å². The van der Waals surface area contributed by atoms with E-state index in [1.54, 1.807) is 36.0 Å². The second-order valence-corrected chi connectivity index (χ2v) is 2.90. The fourth-order valence-electron chi connectivity index (χ4n) is 0.727. The van der Waals surface area contributed by atoms with Crippen LogP contribution in [0.1, 0.15) is 10.4 Å². The molecule has 0 atom stereocenters. The van der Waals surface area contributed by atoms with Crippen molar-refractivity contribution in [2.45, 2.75) is 4.90 Å². The fraction of sp³-hybridized carbons (Fsp3) is 0.125. The third-order valence-corrected chi connectivity index (χ3v) is 2.07. The maximum absolute atomic E-state index is 10.3. The first kappa shape index (κ1) is 8.14. The van der Waals surface area contributed by atoms with Crippen LogP contribution in [0.5, 0.6) is 0 Å². The maximum atomic E-state index is 10.3. The molecule has 11 heavy (non-hydrogen) atoms. The Balaban J connectivity index is 2.91. The molecule has 0 aliphatic heterocycles. The van der Waals surface area contributed by atoms with Crippen molar-refractivity contribution in [1.29, 1.82) is 0 Å². The van der Waals surface area contributed by atoms with Gasteiger partial charge in [0.05, 0.1) is 5.97 Å². The summed E-state index contributed by atoms with van der Waals surface area (Å²) in [7, 11) is 0. The Bertz CT molecular complexity index is 253. The second-order valence-electron chi connectivity index (χ2n) is 2.02. The highest BCUT2D eigenvalue weighted by atomic mass is 32.2. The zero-order valence-corrected chi connectivity index (χ0v) is 6.85. The average Bonchev–Trinajstić information content (AvgIpc) is 2.05. The summed E-state index contributed by atoms with van der Waals surface area (Å²) in [6.07, 6.45) is 1.94. The molecule has 0 spiro atoms. The molecule has 0 amide bonds. The van der Waals surface area contributed by atoms with E-state index in [2.05, 4.69) is 0 Å². The Morgan fingerprint density at radius 1 is 1.36 bits per heavy atom. The third-order valence-electron chi connectivity index (χ3n) is 1.33. The molecule has 2 nitrogen and oxygen atoms in total. The van der Waals surface area contributed by atoms with Crippen molar-refractivity contribution in [2.24, 2.45) is 0 Å². The van der Waals surface area contributed by atoms with Crippen molar-refractivity contribution in [2.75, 3.05) is 6.26 Å². The number of hydrogen-bond acceptors (Lipinski definition) is 3. The Hall–Kier alpha value is -0.960. The lowest BCUT2D eigenvalue weighted by atomic mass is 10.2. The molecule has 0 aliphatic carbocycles. The van der Waals surface area contributed by atoms with Gasteiger partial charge in [0.1, 0.15) is 0 Å². The van der Waals surface area contributed by atoms with Crippen LogP contribution in [0.25, 0.3) is 0 Å². The molecule has 1 rings (SSSR count). The van der Waals surface area contributed by atoms with Crippen LogP contribution >= 0.6 is 11.8 Å². The van der Waals surface area contributed by atoms with Gasteiger partial charge in [-0.15, -0.1) is 11.8 Å². The first-order valence-corrected chi connectivity index (χ1v) is 4.32. The van der Waals surface area contributed by atoms with E-state index in [1.807, 2.05) is 6.26 Å². The molecule has 0 heterocycles. The van der Waals surface area contributed by atoms with Gasteiger partial charge in [-0.25, -0.2) is 0 Å². The van der Waals surface area contributed by atoms with Gasteiger partial charge in [-0.1, -0.05) is 12.1 Å². The summed E-state index contributed by atoms with van der Waals surface area (Å²) in [4.78, 5) is 11.3. The Morgan fingerprint density at radius 2 is 1.91 bits per heavy atom. The molecule has 0 N–H and O–H groups in total. The van der Waals surface area contributed by atoms with E-state index in [4.69, 9.17) is 0 Å². The fourth-order valence-corrected chi connectivity index (χ4v) is 1.14. The first-order chi connectivity index (χ1) is 5.24. The molecular weight excluding hydrogens is 160 g/mol. The number of carboxylic acids is 1. The largest absolute Gasteiger partial charge is 0.545 e. The maximum Gasteiger partial charge on any atom is 0.0715 e. The van der Waals surface area contributed by atoms with Crippen LogP contribution < -0.4 is 5.11 Å². The van der Waals surface area contributed by atoms with Crippen LogP contribution in [0.3, 0.4) is 0 Å². The average molecular weight is 167 g/mol. The molecule has 0 bridgehead atoms. The van der Waals surface area contributed by atoms with Crippen molar-refractivity contribution >= 4 is 17.7 Å². The summed E-state index contributed by atoms with van der Waals surface area (Å²) in [5, 5.41) is 10.3. The van der Waals surface area contributed by atoms with Crippen molar-refractivity contribution < 1.29 is 9.90 Å². The summed E-state index contributed by atoms with van der Waals surface area (Å²) >= 11 is 1.58. The number of carbonyl (C=O) groups is 1. The van der Waals surface area contributed by atoms with E-state index in [0.717, 1.165) is 4.90 Å². The number of rotatable bonds is 2. The summed E-state index contributed by atoms with van der Waals surface area (Å²) in [6, 6.07) is 6.61. The van der Waals surface area contributed by atoms with Gasteiger partial charge in [0, 0.05) is 4.90 Å². The van der Waals surface area contributed by atoms with Crippen LogP contribution in [0.15, 0.2) is 29.2 Å². The molecule has 0 saturated carbocycles. The van der Waals surface area contributed by atoms with Gasteiger partial charge in [-0.05, 0) is 24.0 Å². The van der Waals surface area contributed by atoms with Gasteiger partial charge in [-0.2, -0.15) is 0 Å². The van der Waals surface area contributed by atoms with Gasteiger partial charge in [0.25, 0.3) is 0 Å². The lowest BCUT2D eigenvalue weighted by molar-refractivity contribution is -0.255.